The molecule has 0 radical (unpaired) electrons. The first-order valence-corrected chi connectivity index (χ1v) is 11.8. The zero-order valence-corrected chi connectivity index (χ0v) is 18.4. The number of urea groups is 1. The smallest absolute Gasteiger partial charge is 0.408 e. The van der Waals surface area contributed by atoms with E-state index in [1.54, 1.807) is 48.5 Å². The standard InChI is InChI=1S/C21H26N4O6S/c1-32(29,30)12-11-18(25-21(28)31-14-16-5-3-2-4-6-16)19(26)23-13-15-7-9-17(10-8-15)24-20(22)27/h2-10,18H,11-14H2,1H3,(H,23,26)(H,25,28)(H3,22,24,27). The van der Waals surface area contributed by atoms with E-state index in [-0.39, 0.29) is 25.3 Å². The summed E-state index contributed by atoms with van der Waals surface area (Å²) in [6, 6.07) is 13.8. The van der Waals surface area contributed by atoms with Crippen LogP contribution in [0.3, 0.4) is 0 Å². The molecule has 5 N–H and O–H groups in total. The summed E-state index contributed by atoms with van der Waals surface area (Å²) >= 11 is 0. The number of primary amides is 1. The van der Waals surface area contributed by atoms with Gasteiger partial charge < -0.3 is 26.4 Å². The first-order chi connectivity index (χ1) is 15.1. The molecule has 0 bridgehead atoms. The van der Waals surface area contributed by atoms with Crippen molar-refractivity contribution >= 4 is 33.6 Å². The molecule has 32 heavy (non-hydrogen) atoms. The third-order valence-corrected chi connectivity index (χ3v) is 5.26. The van der Waals surface area contributed by atoms with E-state index in [2.05, 4.69) is 16.0 Å². The summed E-state index contributed by atoms with van der Waals surface area (Å²) in [6.45, 7) is 0.143. The SMILES string of the molecule is CS(=O)(=O)CCC(NC(=O)OCc1ccccc1)C(=O)NCc1ccc(NC(N)=O)cc1. The van der Waals surface area contributed by atoms with Crippen LogP contribution in [0.2, 0.25) is 0 Å². The molecular formula is C21H26N4O6S. The maximum Gasteiger partial charge on any atom is 0.408 e. The number of benzene rings is 2. The predicted octanol–water partition coefficient (Wildman–Crippen LogP) is 1.52. The third-order valence-electron chi connectivity index (χ3n) is 4.29. The number of hydrogen-bond acceptors (Lipinski definition) is 6. The van der Waals surface area contributed by atoms with Crippen molar-refractivity contribution in [2.24, 2.45) is 5.73 Å². The Hall–Kier alpha value is -3.60. The third kappa shape index (κ3) is 9.47. The maximum atomic E-state index is 12.6. The van der Waals surface area contributed by atoms with E-state index in [4.69, 9.17) is 10.5 Å². The van der Waals surface area contributed by atoms with Crippen molar-refractivity contribution in [1.82, 2.24) is 10.6 Å². The zero-order chi connectivity index (χ0) is 23.6. The Bertz CT molecular complexity index is 1030. The van der Waals surface area contributed by atoms with Gasteiger partial charge in [0.15, 0.2) is 0 Å². The molecule has 2 rings (SSSR count). The van der Waals surface area contributed by atoms with Crippen LogP contribution in [0, 0.1) is 0 Å². The summed E-state index contributed by atoms with van der Waals surface area (Å²) in [5, 5.41) is 7.51. The molecule has 10 nitrogen and oxygen atoms in total. The lowest BCUT2D eigenvalue weighted by Crippen LogP contribution is -2.47. The molecule has 0 fully saturated rings. The molecule has 0 aliphatic rings. The fourth-order valence-corrected chi connectivity index (χ4v) is 3.33. The molecule has 0 aliphatic heterocycles. The lowest BCUT2D eigenvalue weighted by molar-refractivity contribution is -0.123. The van der Waals surface area contributed by atoms with Crippen LogP contribution in [0.5, 0.6) is 0 Å². The van der Waals surface area contributed by atoms with Crippen molar-refractivity contribution in [1.29, 1.82) is 0 Å². The minimum absolute atomic E-state index is 0.0127. The average molecular weight is 463 g/mol. The van der Waals surface area contributed by atoms with E-state index < -0.39 is 33.9 Å². The summed E-state index contributed by atoms with van der Waals surface area (Å²) in [5.74, 6) is -0.831. The number of carbonyl (C=O) groups excluding carboxylic acids is 3. The molecular weight excluding hydrogens is 436 g/mol. The van der Waals surface area contributed by atoms with Gasteiger partial charge in [-0.15, -0.1) is 0 Å². The van der Waals surface area contributed by atoms with E-state index in [1.807, 2.05) is 6.07 Å². The molecule has 1 unspecified atom stereocenters. The molecule has 4 amide bonds. The predicted molar refractivity (Wildman–Crippen MR) is 119 cm³/mol. The number of anilines is 1. The highest BCUT2D eigenvalue weighted by atomic mass is 32.2. The van der Waals surface area contributed by atoms with Gasteiger partial charge in [0.1, 0.15) is 22.5 Å². The molecule has 0 saturated carbocycles. The van der Waals surface area contributed by atoms with Gasteiger partial charge in [0.25, 0.3) is 0 Å². The summed E-state index contributed by atoms with van der Waals surface area (Å²) in [5.41, 5.74) is 7.05. The van der Waals surface area contributed by atoms with Gasteiger partial charge in [0, 0.05) is 18.5 Å². The monoisotopic (exact) mass is 462 g/mol. The van der Waals surface area contributed by atoms with E-state index in [0.29, 0.717) is 5.69 Å². The molecule has 2 aromatic carbocycles. The quantitative estimate of drug-likeness (QED) is 0.419. The van der Waals surface area contributed by atoms with Crippen molar-refractivity contribution in [3.8, 4) is 0 Å². The lowest BCUT2D eigenvalue weighted by Gasteiger charge is -2.18. The van der Waals surface area contributed by atoms with Gasteiger partial charge in [-0.2, -0.15) is 0 Å². The van der Waals surface area contributed by atoms with Crippen LogP contribution in [0.1, 0.15) is 17.5 Å². The van der Waals surface area contributed by atoms with Crippen molar-refractivity contribution in [3.63, 3.8) is 0 Å². The molecule has 1 atom stereocenters. The van der Waals surface area contributed by atoms with Gasteiger partial charge >= 0.3 is 12.1 Å². The second-order valence-corrected chi connectivity index (χ2v) is 9.34. The van der Waals surface area contributed by atoms with Crippen LogP contribution in [0.4, 0.5) is 15.3 Å². The van der Waals surface area contributed by atoms with Crippen molar-refractivity contribution < 1.29 is 27.5 Å². The van der Waals surface area contributed by atoms with E-state index in [0.717, 1.165) is 17.4 Å². The van der Waals surface area contributed by atoms with Gasteiger partial charge in [-0.3, -0.25) is 4.79 Å². The first-order valence-electron chi connectivity index (χ1n) is 9.70. The van der Waals surface area contributed by atoms with Crippen LogP contribution in [-0.2, 0) is 32.5 Å². The Morgan fingerprint density at radius 1 is 1.00 bits per heavy atom. The van der Waals surface area contributed by atoms with Crippen LogP contribution in [-0.4, -0.2) is 44.5 Å². The largest absolute Gasteiger partial charge is 0.445 e. The second-order valence-electron chi connectivity index (χ2n) is 7.08. The number of ether oxygens (including phenoxy) is 1. The summed E-state index contributed by atoms with van der Waals surface area (Å²) in [7, 11) is -3.34. The fraction of sp³-hybridized carbons (Fsp3) is 0.286. The Morgan fingerprint density at radius 2 is 1.66 bits per heavy atom. The molecule has 172 valence electrons. The second kappa shape index (κ2) is 11.7. The minimum Gasteiger partial charge on any atom is -0.445 e. The number of alkyl carbamates (subject to hydrolysis) is 1. The van der Waals surface area contributed by atoms with Crippen LogP contribution < -0.4 is 21.7 Å². The summed E-state index contributed by atoms with van der Waals surface area (Å²) in [6.07, 6.45) is 0.119. The highest BCUT2D eigenvalue weighted by Crippen LogP contribution is 2.09. The molecule has 11 heteroatoms. The van der Waals surface area contributed by atoms with Gasteiger partial charge in [0.05, 0.1) is 5.75 Å². The molecule has 2 aromatic rings. The molecule has 0 heterocycles. The van der Waals surface area contributed by atoms with Crippen molar-refractivity contribution in [3.05, 3.63) is 65.7 Å². The summed E-state index contributed by atoms with van der Waals surface area (Å²) in [4.78, 5) is 35.6. The topological polar surface area (TPSA) is 157 Å². The minimum atomic E-state index is -3.34. The molecule has 0 saturated heterocycles. The number of carbonyl (C=O) groups is 3. The molecule has 0 aliphatic carbocycles. The summed E-state index contributed by atoms with van der Waals surface area (Å²) < 4.78 is 28.2. The number of amides is 4. The van der Waals surface area contributed by atoms with Crippen LogP contribution in [0.25, 0.3) is 0 Å². The molecule has 0 aromatic heterocycles. The van der Waals surface area contributed by atoms with Crippen LogP contribution >= 0.6 is 0 Å². The van der Waals surface area contributed by atoms with Gasteiger partial charge in [0.2, 0.25) is 5.91 Å². The Balaban J connectivity index is 1.94. The maximum absolute atomic E-state index is 12.6. The fourth-order valence-electron chi connectivity index (χ4n) is 2.67. The highest BCUT2D eigenvalue weighted by molar-refractivity contribution is 7.90. The Morgan fingerprint density at radius 3 is 2.25 bits per heavy atom. The number of sulfone groups is 1. The number of rotatable bonds is 10. The van der Waals surface area contributed by atoms with Gasteiger partial charge in [-0.1, -0.05) is 42.5 Å². The zero-order valence-electron chi connectivity index (χ0n) is 17.5. The van der Waals surface area contributed by atoms with Gasteiger partial charge in [-0.05, 0) is 29.7 Å². The number of nitrogens with two attached hydrogens (primary N) is 1. The first kappa shape index (κ1) is 24.7. The molecule has 0 spiro atoms. The van der Waals surface area contributed by atoms with Crippen molar-refractivity contribution in [2.45, 2.75) is 25.6 Å². The normalized spacial score (nSPS) is 11.8. The average Bonchev–Trinajstić information content (AvgIpc) is 2.74. The number of hydrogen-bond donors (Lipinski definition) is 4. The van der Waals surface area contributed by atoms with Crippen LogP contribution in [0.15, 0.2) is 54.6 Å². The van der Waals surface area contributed by atoms with E-state index >= 15 is 0 Å². The van der Waals surface area contributed by atoms with Crippen molar-refractivity contribution in [2.75, 3.05) is 17.3 Å². The Labute approximate surface area is 186 Å². The van der Waals surface area contributed by atoms with E-state index in [1.165, 1.54) is 0 Å². The van der Waals surface area contributed by atoms with E-state index in [9.17, 15) is 22.8 Å². The number of nitrogens with one attached hydrogen (secondary N) is 3. The Kier molecular flexibility index (Phi) is 9.02. The highest BCUT2D eigenvalue weighted by Gasteiger charge is 2.23. The lowest BCUT2D eigenvalue weighted by atomic mass is 10.1. The van der Waals surface area contributed by atoms with Gasteiger partial charge in [-0.25, -0.2) is 18.0 Å².